The lowest BCUT2D eigenvalue weighted by Gasteiger charge is -2.14. The van der Waals surface area contributed by atoms with E-state index in [1.54, 1.807) is 0 Å². The zero-order chi connectivity index (χ0) is 15.6. The second kappa shape index (κ2) is 5.86. The predicted octanol–water partition coefficient (Wildman–Crippen LogP) is 3.67. The highest BCUT2D eigenvalue weighted by molar-refractivity contribution is 7.80. The molecule has 0 aliphatic heterocycles. The van der Waals surface area contributed by atoms with E-state index in [4.69, 9.17) is 10.5 Å². The third-order valence-electron chi connectivity index (χ3n) is 2.22. The third-order valence-corrected chi connectivity index (χ3v) is 2.44. The molecule has 0 saturated carbocycles. The Morgan fingerprint density at radius 2 is 1.75 bits per heavy atom. The van der Waals surface area contributed by atoms with Gasteiger partial charge in [-0.25, -0.2) is 0 Å². The van der Waals surface area contributed by atoms with Gasteiger partial charge >= 0.3 is 12.4 Å². The zero-order valence-electron chi connectivity index (χ0n) is 9.81. The highest BCUT2D eigenvalue weighted by Crippen LogP contribution is 2.33. The van der Waals surface area contributed by atoms with Gasteiger partial charge in [0.2, 0.25) is 0 Å². The number of alkyl halides is 6. The van der Waals surface area contributed by atoms with Crippen LogP contribution in [0.4, 0.5) is 26.3 Å². The Labute approximate surface area is 115 Å². The molecule has 0 heterocycles. The largest absolute Gasteiger partial charge is 0.493 e. The molecule has 0 fully saturated rings. The first-order valence-electron chi connectivity index (χ1n) is 5.21. The van der Waals surface area contributed by atoms with E-state index in [2.05, 4.69) is 12.2 Å². The molecule has 0 amide bonds. The van der Waals surface area contributed by atoms with E-state index < -0.39 is 35.9 Å². The van der Waals surface area contributed by atoms with Crippen LogP contribution in [-0.4, -0.2) is 17.8 Å². The highest BCUT2D eigenvalue weighted by Gasteiger charge is 2.32. The fourth-order valence-corrected chi connectivity index (χ4v) is 1.46. The minimum Gasteiger partial charge on any atom is -0.493 e. The van der Waals surface area contributed by atoms with Crippen LogP contribution in [0.5, 0.6) is 5.75 Å². The summed E-state index contributed by atoms with van der Waals surface area (Å²) in [6.07, 6.45) is -10.3. The van der Waals surface area contributed by atoms with Gasteiger partial charge in [-0.2, -0.15) is 26.3 Å². The highest BCUT2D eigenvalue weighted by atomic mass is 32.1. The zero-order valence-corrected chi connectivity index (χ0v) is 10.6. The first-order chi connectivity index (χ1) is 9.00. The van der Waals surface area contributed by atoms with Gasteiger partial charge in [-0.3, -0.25) is 0 Å². The molecule has 0 radical (unpaired) electrons. The van der Waals surface area contributed by atoms with Crippen LogP contribution in [0.1, 0.15) is 17.5 Å². The lowest BCUT2D eigenvalue weighted by Crippen LogP contribution is -2.17. The number of benzene rings is 1. The summed E-state index contributed by atoms with van der Waals surface area (Å²) < 4.78 is 78.2. The molecular formula is C11H9F6NOS. The Balaban J connectivity index is 2.94. The monoisotopic (exact) mass is 317 g/mol. The molecule has 0 saturated heterocycles. The first-order valence-corrected chi connectivity index (χ1v) is 5.62. The Morgan fingerprint density at radius 3 is 2.20 bits per heavy atom. The van der Waals surface area contributed by atoms with Crippen molar-refractivity contribution in [3.63, 3.8) is 0 Å². The quantitative estimate of drug-likeness (QED) is 0.680. The maximum absolute atomic E-state index is 12.5. The van der Waals surface area contributed by atoms with Crippen LogP contribution in [0.3, 0.4) is 0 Å². The van der Waals surface area contributed by atoms with Crippen LogP contribution in [0, 0.1) is 0 Å². The van der Waals surface area contributed by atoms with Crippen molar-refractivity contribution in [2.24, 2.45) is 5.73 Å². The fourth-order valence-electron chi connectivity index (χ4n) is 1.30. The number of hydrogen-bond acceptors (Lipinski definition) is 2. The van der Waals surface area contributed by atoms with Gasteiger partial charge in [0, 0.05) is 0 Å². The maximum atomic E-state index is 12.5. The molecule has 2 N–H and O–H groups in total. The SMILES string of the molecule is NC(=S)c1cc(C(F)(F)F)ccc1OCCC(F)(F)F. The van der Waals surface area contributed by atoms with Gasteiger partial charge < -0.3 is 10.5 Å². The first kappa shape index (κ1) is 16.5. The maximum Gasteiger partial charge on any atom is 0.416 e. The predicted molar refractivity (Wildman–Crippen MR) is 63.5 cm³/mol. The van der Waals surface area contributed by atoms with Gasteiger partial charge in [-0.05, 0) is 18.2 Å². The van der Waals surface area contributed by atoms with E-state index in [0.717, 1.165) is 6.07 Å². The lowest BCUT2D eigenvalue weighted by atomic mass is 10.1. The van der Waals surface area contributed by atoms with Gasteiger partial charge in [0.1, 0.15) is 10.7 Å². The van der Waals surface area contributed by atoms with Crippen LogP contribution in [0.2, 0.25) is 0 Å². The van der Waals surface area contributed by atoms with Crippen molar-refractivity contribution in [1.29, 1.82) is 0 Å². The molecule has 0 unspecified atom stereocenters. The second-order valence-electron chi connectivity index (χ2n) is 3.79. The van der Waals surface area contributed by atoms with Crippen molar-refractivity contribution in [3.8, 4) is 5.75 Å². The minimum absolute atomic E-state index is 0.213. The summed E-state index contributed by atoms with van der Waals surface area (Å²) in [7, 11) is 0. The number of rotatable bonds is 4. The summed E-state index contributed by atoms with van der Waals surface area (Å²) in [5, 5.41) is 0. The van der Waals surface area contributed by atoms with Crippen LogP contribution in [-0.2, 0) is 6.18 Å². The van der Waals surface area contributed by atoms with E-state index in [-0.39, 0.29) is 11.3 Å². The Kier molecular flexibility index (Phi) is 4.85. The number of thiocarbonyl (C=S) groups is 1. The lowest BCUT2D eigenvalue weighted by molar-refractivity contribution is -0.139. The molecule has 0 aliphatic carbocycles. The van der Waals surface area contributed by atoms with Gasteiger partial charge in [-0.15, -0.1) is 0 Å². The molecule has 0 atom stereocenters. The third kappa shape index (κ3) is 4.87. The topological polar surface area (TPSA) is 35.2 Å². The van der Waals surface area contributed by atoms with Crippen molar-refractivity contribution < 1.29 is 31.1 Å². The fraction of sp³-hybridized carbons (Fsp3) is 0.364. The summed E-state index contributed by atoms with van der Waals surface area (Å²) in [5.74, 6) is -0.213. The van der Waals surface area contributed by atoms with E-state index >= 15 is 0 Å². The van der Waals surface area contributed by atoms with E-state index in [1.165, 1.54) is 0 Å². The molecule has 2 nitrogen and oxygen atoms in total. The van der Waals surface area contributed by atoms with Crippen molar-refractivity contribution >= 4 is 17.2 Å². The number of halogens is 6. The summed E-state index contributed by atoms with van der Waals surface area (Å²) in [6.45, 7) is -0.732. The number of ether oxygens (including phenoxy) is 1. The summed E-state index contributed by atoms with van der Waals surface area (Å²) in [4.78, 5) is -0.391. The molecule has 1 aromatic rings. The molecule has 112 valence electrons. The van der Waals surface area contributed by atoms with Crippen molar-refractivity contribution in [2.75, 3.05) is 6.61 Å². The van der Waals surface area contributed by atoms with Gasteiger partial charge in [0.25, 0.3) is 0 Å². The molecule has 0 bridgehead atoms. The smallest absolute Gasteiger partial charge is 0.416 e. The normalized spacial score (nSPS) is 12.3. The molecule has 0 aromatic heterocycles. The molecule has 0 spiro atoms. The van der Waals surface area contributed by atoms with Crippen LogP contribution in [0.25, 0.3) is 0 Å². The Bertz CT molecular complexity index is 497. The summed E-state index contributed by atoms with van der Waals surface area (Å²) >= 11 is 4.56. The standard InChI is InChI=1S/C11H9F6NOS/c12-10(13,14)3-4-19-8-2-1-6(11(15,16)17)5-7(8)9(18)20/h1-2,5H,3-4H2,(H2,18,20). The number of hydrogen-bond donors (Lipinski definition) is 1. The van der Waals surface area contributed by atoms with Gasteiger partial charge in [0.05, 0.1) is 24.2 Å². The molecule has 1 rings (SSSR count). The van der Waals surface area contributed by atoms with Gasteiger partial charge in [-0.1, -0.05) is 12.2 Å². The average molecular weight is 317 g/mol. The summed E-state index contributed by atoms with van der Waals surface area (Å²) in [5.41, 5.74) is 3.98. The molecule has 20 heavy (non-hydrogen) atoms. The van der Waals surface area contributed by atoms with Crippen LogP contribution in [0.15, 0.2) is 18.2 Å². The molecule has 9 heteroatoms. The second-order valence-corrected chi connectivity index (χ2v) is 4.23. The minimum atomic E-state index is -4.61. The summed E-state index contributed by atoms with van der Waals surface area (Å²) in [6, 6.07) is 2.23. The molecular weight excluding hydrogens is 308 g/mol. The van der Waals surface area contributed by atoms with E-state index in [9.17, 15) is 26.3 Å². The van der Waals surface area contributed by atoms with E-state index in [1.807, 2.05) is 0 Å². The van der Waals surface area contributed by atoms with E-state index in [0.29, 0.717) is 12.1 Å². The van der Waals surface area contributed by atoms with Crippen LogP contribution >= 0.6 is 12.2 Å². The Hall–Kier alpha value is -1.51. The number of nitrogens with two attached hydrogens (primary N) is 1. The van der Waals surface area contributed by atoms with Crippen LogP contribution < -0.4 is 10.5 Å². The average Bonchev–Trinajstić information content (AvgIpc) is 2.25. The Morgan fingerprint density at radius 1 is 1.15 bits per heavy atom. The van der Waals surface area contributed by atoms with Crippen molar-refractivity contribution in [1.82, 2.24) is 0 Å². The van der Waals surface area contributed by atoms with Crippen molar-refractivity contribution in [2.45, 2.75) is 18.8 Å². The van der Waals surface area contributed by atoms with Crippen molar-refractivity contribution in [3.05, 3.63) is 29.3 Å². The van der Waals surface area contributed by atoms with Gasteiger partial charge in [0.15, 0.2) is 0 Å². The molecule has 1 aromatic carbocycles. The molecule has 0 aliphatic rings.